The molecule has 35 heavy (non-hydrogen) atoms. The van der Waals surface area contributed by atoms with Gasteiger partial charge in [0.25, 0.3) is 0 Å². The van der Waals surface area contributed by atoms with E-state index < -0.39 is 0 Å². The number of aromatic amines is 1. The molecule has 2 heterocycles. The van der Waals surface area contributed by atoms with Crippen molar-refractivity contribution in [3.8, 4) is 0 Å². The summed E-state index contributed by atoms with van der Waals surface area (Å²) in [7, 11) is 0. The first-order valence-corrected chi connectivity index (χ1v) is 13.0. The van der Waals surface area contributed by atoms with Crippen molar-refractivity contribution in [2.24, 2.45) is 0 Å². The Labute approximate surface area is 213 Å². The molecule has 0 bridgehead atoms. The van der Waals surface area contributed by atoms with Gasteiger partial charge in [-0.3, -0.25) is 4.90 Å². The summed E-state index contributed by atoms with van der Waals surface area (Å²) in [6.45, 7) is 3.02. The van der Waals surface area contributed by atoms with Gasteiger partial charge in [0.1, 0.15) is 0 Å². The van der Waals surface area contributed by atoms with E-state index in [4.69, 9.17) is 0 Å². The van der Waals surface area contributed by atoms with Crippen molar-refractivity contribution in [3.63, 3.8) is 0 Å². The molecule has 1 N–H and O–H groups in total. The predicted octanol–water partition coefficient (Wildman–Crippen LogP) is 8.68. The Morgan fingerprint density at radius 1 is 0.743 bits per heavy atom. The van der Waals surface area contributed by atoms with Crippen molar-refractivity contribution in [2.45, 2.75) is 13.0 Å². The molecule has 2 nitrogen and oxygen atoms in total. The van der Waals surface area contributed by atoms with Crippen LogP contribution in [0.5, 0.6) is 0 Å². The molecule has 0 aliphatic carbocycles. The number of hydrogen-bond acceptors (Lipinski definition) is 1. The van der Waals surface area contributed by atoms with Crippen molar-refractivity contribution in [3.05, 3.63) is 113 Å². The highest BCUT2D eigenvalue weighted by Gasteiger charge is 2.17. The smallest absolute Gasteiger partial charge is 0.0461 e. The fourth-order valence-corrected chi connectivity index (χ4v) is 6.12. The van der Waals surface area contributed by atoms with Crippen LogP contribution in [0.4, 0.5) is 0 Å². The van der Waals surface area contributed by atoms with Crippen LogP contribution in [-0.2, 0) is 6.54 Å². The Kier molecular flexibility index (Phi) is 5.00. The number of fused-ring (bicyclic) bond motifs is 6. The van der Waals surface area contributed by atoms with Gasteiger partial charge in [-0.05, 0) is 68.1 Å². The van der Waals surface area contributed by atoms with E-state index in [1.165, 1.54) is 59.9 Å². The number of benzene rings is 5. The fourth-order valence-electron chi connectivity index (χ4n) is 5.76. The summed E-state index contributed by atoms with van der Waals surface area (Å²) in [5.41, 5.74) is 5.39. The van der Waals surface area contributed by atoms with E-state index in [0.717, 1.165) is 30.5 Å². The third kappa shape index (κ3) is 3.58. The molecule has 1 aromatic heterocycles. The zero-order chi connectivity index (χ0) is 23.4. The number of rotatable bonds is 3. The first kappa shape index (κ1) is 20.9. The quantitative estimate of drug-likeness (QED) is 0.233. The fraction of sp³-hybridized carbons (Fsp3) is 0.125. The van der Waals surface area contributed by atoms with Gasteiger partial charge in [-0.2, -0.15) is 0 Å². The summed E-state index contributed by atoms with van der Waals surface area (Å²) in [6, 6.07) is 31.1. The van der Waals surface area contributed by atoms with Gasteiger partial charge in [0.2, 0.25) is 0 Å². The minimum atomic E-state index is 0.972. The van der Waals surface area contributed by atoms with E-state index >= 15 is 0 Å². The van der Waals surface area contributed by atoms with Crippen LogP contribution in [0.3, 0.4) is 0 Å². The molecule has 1 aliphatic heterocycles. The number of nitrogens with one attached hydrogen (secondary N) is 1. The van der Waals surface area contributed by atoms with Crippen molar-refractivity contribution in [1.82, 2.24) is 9.88 Å². The van der Waals surface area contributed by atoms with Crippen LogP contribution in [0.15, 0.2) is 102 Å². The van der Waals surface area contributed by atoms with E-state index in [1.807, 2.05) is 0 Å². The normalized spacial score (nSPS) is 14.8. The summed E-state index contributed by atoms with van der Waals surface area (Å²) >= 11 is 3.63. The third-order valence-electron chi connectivity index (χ3n) is 7.55. The number of aromatic nitrogens is 1. The van der Waals surface area contributed by atoms with Gasteiger partial charge in [0, 0.05) is 46.8 Å². The molecule has 0 saturated heterocycles. The van der Waals surface area contributed by atoms with E-state index in [-0.39, 0.29) is 0 Å². The molecule has 0 radical (unpaired) electrons. The number of hydrogen-bond donors (Lipinski definition) is 1. The Morgan fingerprint density at radius 3 is 2.46 bits per heavy atom. The molecule has 0 spiro atoms. The lowest BCUT2D eigenvalue weighted by Gasteiger charge is -2.27. The molecule has 5 aromatic carbocycles. The molecule has 7 rings (SSSR count). The summed E-state index contributed by atoms with van der Waals surface area (Å²) in [5, 5.41) is 9.32. The maximum Gasteiger partial charge on any atom is 0.0461 e. The molecule has 0 fully saturated rings. The summed E-state index contributed by atoms with van der Waals surface area (Å²) < 4.78 is 1.13. The number of halogens is 1. The van der Waals surface area contributed by atoms with Gasteiger partial charge >= 0.3 is 0 Å². The number of nitrogens with zero attached hydrogens (tertiary/aromatic N) is 1. The lowest BCUT2D eigenvalue weighted by Crippen LogP contribution is -2.28. The highest BCUT2D eigenvalue weighted by molar-refractivity contribution is 9.10. The molecule has 170 valence electrons. The van der Waals surface area contributed by atoms with Crippen molar-refractivity contribution in [1.29, 1.82) is 0 Å². The summed E-state index contributed by atoms with van der Waals surface area (Å²) in [6.07, 6.45) is 5.65. The average molecular weight is 517 g/mol. The largest absolute Gasteiger partial charge is 0.361 e. The first-order valence-electron chi connectivity index (χ1n) is 12.2. The van der Waals surface area contributed by atoms with E-state index in [0.29, 0.717) is 0 Å². The monoisotopic (exact) mass is 516 g/mol. The molecule has 0 atom stereocenters. The SMILES string of the molecule is Brc1ccc2[nH]cc(C3=CCN(Cc4cccc5c4ccc4c6ccccc6ccc54)CC3)c2c1. The molecule has 0 saturated carbocycles. The van der Waals surface area contributed by atoms with Gasteiger partial charge in [-0.15, -0.1) is 0 Å². The standard InChI is InChI=1S/C32H25BrN2/c33-24-9-13-32-30(18-24)31(19-34-32)22-14-16-35(17-15-22)20-23-5-3-7-27-26(23)11-12-28-25-6-2-1-4-21(25)8-10-29(27)28/h1-14,18-19,34H,15-17,20H2. The van der Waals surface area contributed by atoms with Gasteiger partial charge in [0.15, 0.2) is 0 Å². The minimum Gasteiger partial charge on any atom is -0.361 e. The van der Waals surface area contributed by atoms with Gasteiger partial charge in [-0.25, -0.2) is 0 Å². The highest BCUT2D eigenvalue weighted by atomic mass is 79.9. The van der Waals surface area contributed by atoms with E-state index in [9.17, 15) is 0 Å². The maximum atomic E-state index is 3.63. The van der Waals surface area contributed by atoms with Crippen molar-refractivity contribution in [2.75, 3.05) is 13.1 Å². The van der Waals surface area contributed by atoms with Crippen LogP contribution in [-0.4, -0.2) is 23.0 Å². The first-order chi connectivity index (χ1) is 17.2. The molecule has 3 heteroatoms. The highest BCUT2D eigenvalue weighted by Crippen LogP contribution is 2.34. The second kappa shape index (κ2) is 8.37. The zero-order valence-electron chi connectivity index (χ0n) is 19.4. The topological polar surface area (TPSA) is 19.0 Å². The maximum absolute atomic E-state index is 3.63. The van der Waals surface area contributed by atoms with Crippen LogP contribution in [0.1, 0.15) is 17.5 Å². The molecular weight excluding hydrogens is 492 g/mol. The Morgan fingerprint density at radius 2 is 1.54 bits per heavy atom. The Bertz CT molecular complexity index is 1780. The van der Waals surface area contributed by atoms with Crippen LogP contribution >= 0.6 is 15.9 Å². The second-order valence-corrected chi connectivity index (χ2v) is 10.5. The van der Waals surface area contributed by atoms with Crippen LogP contribution < -0.4 is 0 Å². The third-order valence-corrected chi connectivity index (χ3v) is 8.04. The Hall–Kier alpha value is -3.40. The second-order valence-electron chi connectivity index (χ2n) is 9.57. The lowest BCUT2D eigenvalue weighted by atomic mass is 9.94. The van der Waals surface area contributed by atoms with Crippen LogP contribution in [0, 0.1) is 0 Å². The van der Waals surface area contributed by atoms with Gasteiger partial charge in [-0.1, -0.05) is 88.7 Å². The number of H-pyrrole nitrogens is 1. The average Bonchev–Trinajstić information content (AvgIpc) is 3.32. The van der Waals surface area contributed by atoms with Gasteiger partial charge < -0.3 is 4.98 Å². The Balaban J connectivity index is 1.20. The summed E-state index contributed by atoms with van der Waals surface area (Å²) in [5.74, 6) is 0. The molecule has 1 aliphatic rings. The van der Waals surface area contributed by atoms with Crippen molar-refractivity contribution < 1.29 is 0 Å². The minimum absolute atomic E-state index is 0.972. The molecule has 0 unspecified atom stereocenters. The van der Waals surface area contributed by atoms with E-state index in [2.05, 4.69) is 123 Å². The molecule has 6 aromatic rings. The van der Waals surface area contributed by atoms with Crippen LogP contribution in [0.2, 0.25) is 0 Å². The van der Waals surface area contributed by atoms with E-state index in [1.54, 1.807) is 0 Å². The van der Waals surface area contributed by atoms with Crippen molar-refractivity contribution >= 4 is 64.7 Å². The predicted molar refractivity (Wildman–Crippen MR) is 153 cm³/mol. The zero-order valence-corrected chi connectivity index (χ0v) is 21.0. The van der Waals surface area contributed by atoms with Crippen LogP contribution in [0.25, 0.3) is 48.8 Å². The molecule has 0 amide bonds. The molecular formula is C32H25BrN2. The van der Waals surface area contributed by atoms with Gasteiger partial charge in [0.05, 0.1) is 0 Å². The lowest BCUT2D eigenvalue weighted by molar-refractivity contribution is 0.295. The summed E-state index contributed by atoms with van der Waals surface area (Å²) in [4.78, 5) is 6.00.